The van der Waals surface area contributed by atoms with Gasteiger partial charge in [0.15, 0.2) is 8.32 Å². The van der Waals surface area contributed by atoms with E-state index in [2.05, 4.69) is 53.8 Å². The molecule has 1 aliphatic rings. The largest absolute Gasteiger partial charge is 0 e. The van der Waals surface area contributed by atoms with Crippen molar-refractivity contribution in [1.82, 2.24) is 0 Å². The van der Waals surface area contributed by atoms with E-state index in [1.165, 1.54) is 0 Å². The summed E-state index contributed by atoms with van der Waals surface area (Å²) in [5, 5.41) is 19.7. The number of hydrogen-bond donors (Lipinski definition) is 2. The van der Waals surface area contributed by atoms with Crippen LogP contribution in [-0.2, 0) is 35.5 Å². The van der Waals surface area contributed by atoms with Crippen LogP contribution >= 0.6 is 0 Å². The Balaban J connectivity index is -0.000000256. The van der Waals surface area contributed by atoms with Gasteiger partial charge in [0.2, 0.25) is 0 Å². The van der Waals surface area contributed by atoms with Gasteiger partial charge in [-0.2, -0.15) is 0 Å². The zero-order valence-corrected chi connectivity index (χ0v) is 16.6. The first-order valence-corrected chi connectivity index (χ1v) is 9.51. The van der Waals surface area contributed by atoms with Gasteiger partial charge in [0.25, 0.3) is 0 Å². The Morgan fingerprint density at radius 2 is 1.50 bits per heavy atom. The molecule has 0 fully saturated rings. The van der Waals surface area contributed by atoms with Crippen LogP contribution in [-0.4, -0.2) is 36.8 Å². The van der Waals surface area contributed by atoms with Crippen molar-refractivity contribution >= 4 is 8.32 Å². The molecule has 0 radical (unpaired) electrons. The van der Waals surface area contributed by atoms with E-state index >= 15 is 0 Å². The molecule has 0 bridgehead atoms. The Hall–Kier alpha value is -0.684. The Morgan fingerprint density at radius 3 is 1.83 bits per heavy atom. The first-order chi connectivity index (χ1) is 10.6. The van der Waals surface area contributed by atoms with E-state index in [0.717, 1.165) is 0 Å². The maximum atomic E-state index is 10.3. The van der Waals surface area contributed by atoms with Gasteiger partial charge in [0.1, 0.15) is 5.60 Å². The molecule has 0 aromatic rings. The summed E-state index contributed by atoms with van der Waals surface area (Å²) in [4.78, 5) is 0. The van der Waals surface area contributed by atoms with Crippen molar-refractivity contribution in [2.45, 2.75) is 50.6 Å². The van der Waals surface area contributed by atoms with Gasteiger partial charge in [0.05, 0.1) is 12.7 Å². The molecule has 2 atom stereocenters. The standard InChI is InChI=1S/C13H24O3Si.3CO.Fe/c1-12(2,3)17(4,5)16-11-8-6-7-9-13(11,15)10-14;3*1-2;/h6-9,11,14-15H,10H2,1-5H3;;;;/t11-,13-;;;;/m1..../s1. The normalized spacial score (nSPS) is 21.3. The van der Waals surface area contributed by atoms with Crippen molar-refractivity contribution in [2.24, 2.45) is 0 Å². The summed E-state index contributed by atoms with van der Waals surface area (Å²) in [6, 6.07) is 0. The smallest absolute Gasteiger partial charge is 0 e. The van der Waals surface area contributed by atoms with E-state index in [4.69, 9.17) is 18.4 Å². The van der Waals surface area contributed by atoms with Crippen LogP contribution in [0.2, 0.25) is 18.1 Å². The number of allylic oxidation sites excluding steroid dienone is 2. The van der Waals surface area contributed by atoms with Gasteiger partial charge in [-0.1, -0.05) is 39.0 Å². The molecule has 136 valence electrons. The molecule has 0 heterocycles. The summed E-state index contributed by atoms with van der Waals surface area (Å²) >= 11 is 0. The van der Waals surface area contributed by atoms with Crippen LogP contribution in [0.5, 0.6) is 0 Å². The fraction of sp³-hybridized carbons (Fsp3) is 0.562. The van der Waals surface area contributed by atoms with Gasteiger partial charge in [-0.15, -0.1) is 0 Å². The summed E-state index contributed by atoms with van der Waals surface area (Å²) in [7, 11) is -1.95. The SMILES string of the molecule is CC(C)(C)[Si](C)(C)O[C@@H]1C=CC=C[C@@]1(O)CO.[C-]#[O+].[C-]#[O+].[C-]#[O+].[Fe]. The second-order valence-corrected chi connectivity index (χ2v) is 10.9. The van der Waals surface area contributed by atoms with Gasteiger partial charge in [0, 0.05) is 17.1 Å². The molecule has 0 saturated carbocycles. The molecule has 0 amide bonds. The summed E-state index contributed by atoms with van der Waals surface area (Å²) in [5.41, 5.74) is -1.29. The number of hydrogen-bond acceptors (Lipinski definition) is 3. The summed E-state index contributed by atoms with van der Waals surface area (Å²) in [5.74, 6) is 0. The van der Waals surface area contributed by atoms with E-state index in [0.29, 0.717) is 0 Å². The van der Waals surface area contributed by atoms with Gasteiger partial charge in [-0.3, -0.25) is 0 Å². The van der Waals surface area contributed by atoms with Crippen molar-refractivity contribution in [1.29, 1.82) is 0 Å². The molecule has 1 aliphatic carbocycles. The Bertz CT molecular complexity index is 433. The second-order valence-electron chi connectivity index (χ2n) is 6.19. The van der Waals surface area contributed by atoms with Crippen LogP contribution in [0.1, 0.15) is 20.8 Å². The maximum absolute atomic E-state index is 10.3. The van der Waals surface area contributed by atoms with E-state index in [1.807, 2.05) is 12.2 Å². The molecular weight excluding hydrogens is 372 g/mol. The maximum Gasteiger partial charge on any atom is 0 e. The minimum atomic E-state index is -1.95. The average molecular weight is 396 g/mol. The van der Waals surface area contributed by atoms with E-state index in [-0.39, 0.29) is 28.7 Å². The van der Waals surface area contributed by atoms with Gasteiger partial charge in [-0.05, 0) is 24.2 Å². The zero-order chi connectivity index (χ0) is 19.3. The molecule has 2 N–H and O–H groups in total. The quantitative estimate of drug-likeness (QED) is 0.433. The van der Waals surface area contributed by atoms with Gasteiger partial charge >= 0.3 is 33.9 Å². The van der Waals surface area contributed by atoms with E-state index in [1.54, 1.807) is 12.2 Å². The number of aliphatic hydroxyl groups excluding tert-OH is 1. The molecule has 1 rings (SSSR count). The van der Waals surface area contributed by atoms with Gasteiger partial charge in [-0.25, -0.2) is 0 Å². The molecule has 6 nitrogen and oxygen atoms in total. The Morgan fingerprint density at radius 1 is 1.08 bits per heavy atom. The van der Waals surface area contributed by atoms with Crippen molar-refractivity contribution in [3.05, 3.63) is 44.3 Å². The predicted octanol–water partition coefficient (Wildman–Crippen LogP) is 2.11. The van der Waals surface area contributed by atoms with Crippen molar-refractivity contribution in [3.8, 4) is 0 Å². The van der Waals surface area contributed by atoms with Crippen LogP contribution in [0.15, 0.2) is 24.3 Å². The molecule has 8 heteroatoms. The predicted molar refractivity (Wildman–Crippen MR) is 84.2 cm³/mol. The van der Waals surface area contributed by atoms with Crippen molar-refractivity contribution in [2.75, 3.05) is 6.61 Å². The summed E-state index contributed by atoms with van der Waals surface area (Å²) in [6.07, 6.45) is 6.55. The average Bonchev–Trinajstić information content (AvgIpc) is 2.54. The third-order valence-electron chi connectivity index (χ3n) is 3.76. The molecule has 0 aromatic heterocycles. The molecule has 0 spiro atoms. The molecule has 0 saturated heterocycles. The monoisotopic (exact) mass is 396 g/mol. The van der Waals surface area contributed by atoms with E-state index in [9.17, 15) is 10.2 Å². The molecule has 24 heavy (non-hydrogen) atoms. The Labute approximate surface area is 155 Å². The summed E-state index contributed by atoms with van der Waals surface area (Å²) in [6.45, 7) is 23.9. The van der Waals surface area contributed by atoms with Gasteiger partial charge < -0.3 is 14.6 Å². The third-order valence-corrected chi connectivity index (χ3v) is 8.21. The van der Waals surface area contributed by atoms with Crippen molar-refractivity contribution < 1.29 is 45.7 Å². The summed E-state index contributed by atoms with van der Waals surface area (Å²) < 4.78 is 28.6. The fourth-order valence-corrected chi connectivity index (χ4v) is 2.70. The van der Waals surface area contributed by atoms with Crippen molar-refractivity contribution in [3.63, 3.8) is 0 Å². The zero-order valence-electron chi connectivity index (χ0n) is 14.5. The molecular formula is C16H24FeO6Si. The second kappa shape index (κ2) is 14.6. The third kappa shape index (κ3) is 9.57. The number of aliphatic hydroxyl groups is 2. The molecule has 0 aliphatic heterocycles. The van der Waals surface area contributed by atoms with Crippen LogP contribution < -0.4 is 0 Å². The topological polar surface area (TPSA) is 109 Å². The fourth-order valence-electron chi connectivity index (χ4n) is 1.43. The van der Waals surface area contributed by atoms with Crippen LogP contribution in [0.25, 0.3) is 0 Å². The number of rotatable bonds is 3. The minimum absolute atomic E-state index is 0. The first-order valence-electron chi connectivity index (χ1n) is 6.61. The minimum Gasteiger partial charge on any atom is 0 e. The first kappa shape index (κ1) is 31.1. The van der Waals surface area contributed by atoms with Crippen LogP contribution in [0.3, 0.4) is 0 Å². The molecule has 0 aromatic carbocycles. The van der Waals surface area contributed by atoms with E-state index < -0.39 is 20.0 Å². The van der Waals surface area contributed by atoms with Crippen LogP contribution in [0.4, 0.5) is 0 Å². The molecule has 0 unspecified atom stereocenters. The van der Waals surface area contributed by atoms with Crippen LogP contribution in [0, 0.1) is 20.0 Å². The Kier molecular flexibility index (Phi) is 19.0.